The molecule has 1 amide bonds. The number of ether oxygens (including phenoxy) is 1. The van der Waals surface area contributed by atoms with Crippen molar-refractivity contribution >= 4 is 17.2 Å². The molecule has 0 aromatic carbocycles. The maximum atomic E-state index is 11.9. The van der Waals surface area contributed by atoms with E-state index in [0.717, 1.165) is 12.8 Å². The van der Waals surface area contributed by atoms with Crippen LogP contribution in [0.1, 0.15) is 38.5 Å². The number of aliphatic hydroxyl groups is 2. The first-order chi connectivity index (χ1) is 12.5. The number of carbonyl (C=O) groups excluding carboxylic acids is 1. The highest BCUT2D eigenvalue weighted by Crippen LogP contribution is 2.39. The Bertz CT molecular complexity index is 813. The van der Waals surface area contributed by atoms with Gasteiger partial charge in [-0.25, -0.2) is 9.50 Å². The van der Waals surface area contributed by atoms with Crippen LogP contribution in [0.5, 0.6) is 0 Å². The van der Waals surface area contributed by atoms with Crippen LogP contribution in [0.15, 0.2) is 18.5 Å². The molecule has 0 radical (unpaired) electrons. The number of nitrogens with one attached hydrogen (secondary N) is 1. The van der Waals surface area contributed by atoms with Crippen LogP contribution in [-0.4, -0.2) is 50.0 Å². The maximum absolute atomic E-state index is 11.9. The van der Waals surface area contributed by atoms with Crippen LogP contribution >= 0.6 is 0 Å². The summed E-state index contributed by atoms with van der Waals surface area (Å²) in [6.45, 7) is 3.27. The minimum atomic E-state index is -1.16. The Kier molecular flexibility index (Phi) is 6.26. The van der Waals surface area contributed by atoms with Gasteiger partial charge >= 0.3 is 0 Å². The van der Waals surface area contributed by atoms with Gasteiger partial charge in [0.2, 0.25) is 5.91 Å². The Labute approximate surface area is 151 Å². The largest absolute Gasteiger partial charge is 0.400 e. The number of aliphatic hydroxyl groups excluding tert-OH is 2. The van der Waals surface area contributed by atoms with Crippen molar-refractivity contribution in [3.63, 3.8) is 0 Å². The summed E-state index contributed by atoms with van der Waals surface area (Å²) in [6, 6.07) is 5.69. The number of anilines is 1. The second-order valence-corrected chi connectivity index (χ2v) is 6.22. The first kappa shape index (κ1) is 19.8. The number of amides is 1. The van der Waals surface area contributed by atoms with E-state index in [9.17, 15) is 15.2 Å². The van der Waals surface area contributed by atoms with Crippen LogP contribution in [0.25, 0.3) is 5.52 Å². The Hall–Kier alpha value is -2.54. The number of nitrogens with zero attached hydrogens (tertiary/aromatic N) is 4. The predicted octanol–water partition coefficient (Wildman–Crippen LogP) is 1.04. The van der Waals surface area contributed by atoms with Gasteiger partial charge < -0.3 is 20.3 Å². The molecule has 1 unspecified atom stereocenters. The molecule has 0 spiro atoms. The lowest BCUT2D eigenvalue weighted by Crippen LogP contribution is -2.30. The van der Waals surface area contributed by atoms with Gasteiger partial charge in [-0.05, 0) is 25.0 Å². The third kappa shape index (κ3) is 3.67. The molecule has 0 saturated carbocycles. The van der Waals surface area contributed by atoms with Crippen LogP contribution in [-0.2, 0) is 9.53 Å². The summed E-state index contributed by atoms with van der Waals surface area (Å²) in [5.41, 5.74) is 0.262. The molecule has 0 bridgehead atoms. The molecule has 1 aliphatic heterocycles. The molecule has 2 atom stereocenters. The second-order valence-electron chi connectivity index (χ2n) is 6.22. The van der Waals surface area contributed by atoms with Gasteiger partial charge in [0.1, 0.15) is 24.0 Å². The summed E-state index contributed by atoms with van der Waals surface area (Å²) in [7, 11) is 1.00. The van der Waals surface area contributed by atoms with Crippen LogP contribution in [0, 0.1) is 17.2 Å². The maximum Gasteiger partial charge on any atom is 0.228 e. The van der Waals surface area contributed by atoms with E-state index in [-0.39, 0.29) is 24.5 Å². The molecule has 9 nitrogen and oxygen atoms in total. The zero-order valence-corrected chi connectivity index (χ0v) is 15.0. The molecule has 1 fully saturated rings. The summed E-state index contributed by atoms with van der Waals surface area (Å²) < 4.78 is 7.43. The van der Waals surface area contributed by atoms with Crippen LogP contribution in [0.4, 0.5) is 5.82 Å². The van der Waals surface area contributed by atoms with Crippen molar-refractivity contribution in [3.8, 4) is 6.07 Å². The van der Waals surface area contributed by atoms with Crippen molar-refractivity contribution in [2.24, 2.45) is 5.92 Å². The molecule has 3 rings (SSSR count). The number of fused-ring (bicyclic) bond motifs is 1. The van der Waals surface area contributed by atoms with E-state index in [0.29, 0.717) is 24.2 Å². The number of rotatable bonds is 4. The van der Waals surface area contributed by atoms with E-state index in [1.165, 1.54) is 6.33 Å². The lowest BCUT2D eigenvalue weighted by Gasteiger charge is -2.18. The average Bonchev–Trinajstić information content (AvgIpc) is 3.28. The van der Waals surface area contributed by atoms with Crippen LogP contribution < -0.4 is 5.32 Å². The van der Waals surface area contributed by atoms with Gasteiger partial charge in [0, 0.05) is 13.0 Å². The number of aromatic nitrogens is 3. The molecule has 26 heavy (non-hydrogen) atoms. The summed E-state index contributed by atoms with van der Waals surface area (Å²) >= 11 is 0. The van der Waals surface area contributed by atoms with Gasteiger partial charge in [0.25, 0.3) is 0 Å². The number of hydrogen-bond donors (Lipinski definition) is 3. The average molecular weight is 361 g/mol. The van der Waals surface area contributed by atoms with Crippen molar-refractivity contribution in [1.82, 2.24) is 14.6 Å². The third-order valence-corrected chi connectivity index (χ3v) is 4.21. The Balaban J connectivity index is 0.00000117. The van der Waals surface area contributed by atoms with Gasteiger partial charge in [-0.15, -0.1) is 0 Å². The quantitative estimate of drug-likeness (QED) is 0.741. The van der Waals surface area contributed by atoms with E-state index in [1.807, 2.05) is 12.1 Å². The number of carbonyl (C=O) groups is 1. The topological polar surface area (TPSA) is 133 Å². The molecule has 3 N–H and O–H groups in total. The zero-order chi connectivity index (χ0) is 19.3. The number of hydrogen-bond acceptors (Lipinski definition) is 7. The van der Waals surface area contributed by atoms with Crippen molar-refractivity contribution in [2.45, 2.75) is 38.4 Å². The summed E-state index contributed by atoms with van der Waals surface area (Å²) in [5, 5.41) is 32.6. The van der Waals surface area contributed by atoms with Crippen molar-refractivity contribution in [2.75, 3.05) is 19.0 Å². The van der Waals surface area contributed by atoms with Gasteiger partial charge in [0.05, 0.1) is 12.3 Å². The monoisotopic (exact) mass is 361 g/mol. The molecular formula is C17H23N5O4. The van der Waals surface area contributed by atoms with Crippen LogP contribution in [0.3, 0.4) is 0 Å². The Morgan fingerprint density at radius 1 is 1.54 bits per heavy atom. The standard InChI is InChI=1S/C16H19N5O3.CH4O/c1-10(2)15(23)20-14-12-4-3-11(21(12)19-9-18-14)13-5-6-16(7-17,8-22)24-13;1-2/h3-4,9-10,13,22H,5-6,8H2,1-2H3,(H,18,19,20,23);2H,1H3/t13?,16-;/m1./s1. The zero-order valence-electron chi connectivity index (χ0n) is 15.0. The fourth-order valence-electron chi connectivity index (χ4n) is 2.75. The van der Waals surface area contributed by atoms with Gasteiger partial charge in [-0.3, -0.25) is 4.79 Å². The highest BCUT2D eigenvalue weighted by molar-refractivity contribution is 5.94. The molecule has 3 heterocycles. The summed E-state index contributed by atoms with van der Waals surface area (Å²) in [5.74, 6) is 0.148. The van der Waals surface area contributed by atoms with E-state index in [4.69, 9.17) is 9.84 Å². The highest BCUT2D eigenvalue weighted by atomic mass is 16.5. The van der Waals surface area contributed by atoms with Crippen molar-refractivity contribution < 1.29 is 19.7 Å². The highest BCUT2D eigenvalue weighted by Gasteiger charge is 2.41. The minimum absolute atomic E-state index is 0.126. The van der Waals surface area contributed by atoms with Crippen molar-refractivity contribution in [3.05, 3.63) is 24.2 Å². The molecule has 140 valence electrons. The number of nitriles is 1. The van der Waals surface area contributed by atoms with E-state index < -0.39 is 5.60 Å². The fourth-order valence-corrected chi connectivity index (χ4v) is 2.75. The lowest BCUT2D eigenvalue weighted by molar-refractivity contribution is -0.118. The summed E-state index contributed by atoms with van der Waals surface area (Å²) in [4.78, 5) is 16.0. The Morgan fingerprint density at radius 3 is 2.85 bits per heavy atom. The smallest absolute Gasteiger partial charge is 0.228 e. The van der Waals surface area contributed by atoms with E-state index in [2.05, 4.69) is 15.4 Å². The van der Waals surface area contributed by atoms with Gasteiger partial charge in [-0.2, -0.15) is 10.4 Å². The first-order valence-electron chi connectivity index (χ1n) is 8.28. The molecule has 0 aliphatic carbocycles. The fraction of sp³-hybridized carbons (Fsp3) is 0.529. The first-order valence-corrected chi connectivity index (χ1v) is 8.28. The molecule has 2 aromatic heterocycles. The third-order valence-electron chi connectivity index (χ3n) is 4.21. The normalized spacial score (nSPS) is 22.0. The molecular weight excluding hydrogens is 338 g/mol. The van der Waals surface area contributed by atoms with Crippen molar-refractivity contribution in [1.29, 1.82) is 5.26 Å². The molecule has 1 aliphatic rings. The molecule has 2 aromatic rings. The van der Waals surface area contributed by atoms with Crippen LogP contribution in [0.2, 0.25) is 0 Å². The van der Waals surface area contributed by atoms with E-state index >= 15 is 0 Å². The predicted molar refractivity (Wildman–Crippen MR) is 93.1 cm³/mol. The van der Waals surface area contributed by atoms with Gasteiger partial charge in [-0.1, -0.05) is 13.8 Å². The minimum Gasteiger partial charge on any atom is -0.400 e. The molecule has 9 heteroatoms. The Morgan fingerprint density at radius 2 is 2.27 bits per heavy atom. The lowest BCUT2D eigenvalue weighted by atomic mass is 10.0. The molecule has 1 saturated heterocycles. The summed E-state index contributed by atoms with van der Waals surface area (Å²) in [6.07, 6.45) is 2.09. The van der Waals surface area contributed by atoms with Gasteiger partial charge in [0.15, 0.2) is 11.4 Å². The SMILES string of the molecule is CC(C)C(=O)Nc1ncnn2c(C3CC[C@@](C#N)(CO)O3)ccc12.CO. The van der Waals surface area contributed by atoms with E-state index in [1.54, 1.807) is 24.4 Å². The second kappa shape index (κ2) is 8.23.